The van der Waals surface area contributed by atoms with E-state index >= 15 is 0 Å². The van der Waals surface area contributed by atoms with Crippen LogP contribution in [0.1, 0.15) is 15.9 Å². The van der Waals surface area contributed by atoms with Crippen molar-refractivity contribution < 1.29 is 4.79 Å². The number of carbonyl (C=O) groups excluding carboxylic acids is 1. The quantitative estimate of drug-likeness (QED) is 0.845. The van der Waals surface area contributed by atoms with Gasteiger partial charge in [-0.05, 0) is 35.0 Å². The molecule has 0 fully saturated rings. The average Bonchev–Trinajstić information content (AvgIpc) is 2.18. The number of hydrogen-bond acceptors (Lipinski definition) is 1. The molecule has 1 N–H and O–H groups in total. The van der Waals surface area contributed by atoms with Gasteiger partial charge in [0.2, 0.25) is 0 Å². The van der Waals surface area contributed by atoms with Crippen LogP contribution in [-0.2, 0) is 0 Å². The molecule has 1 amide bonds. The van der Waals surface area contributed by atoms with Gasteiger partial charge in [-0.1, -0.05) is 11.6 Å². The monoisotopic (exact) mass is 275 g/mol. The Morgan fingerprint density at radius 1 is 1.57 bits per heavy atom. The van der Waals surface area contributed by atoms with Crippen molar-refractivity contribution in [1.29, 1.82) is 0 Å². The van der Waals surface area contributed by atoms with Gasteiger partial charge in [0.25, 0.3) is 5.91 Å². The summed E-state index contributed by atoms with van der Waals surface area (Å²) in [6.07, 6.45) is 0. The zero-order chi connectivity index (χ0) is 10.6. The Morgan fingerprint density at radius 2 is 2.29 bits per heavy atom. The van der Waals surface area contributed by atoms with E-state index in [-0.39, 0.29) is 5.91 Å². The number of hydrogen-bond donors (Lipinski definition) is 1. The van der Waals surface area contributed by atoms with E-state index in [0.717, 1.165) is 10.0 Å². The van der Waals surface area contributed by atoms with Crippen molar-refractivity contribution in [1.82, 2.24) is 5.32 Å². The van der Waals surface area contributed by atoms with Crippen molar-refractivity contribution in [3.05, 3.63) is 33.8 Å². The van der Waals surface area contributed by atoms with E-state index in [1.54, 1.807) is 0 Å². The number of nitrogens with one attached hydrogen (secondary N) is 1. The summed E-state index contributed by atoms with van der Waals surface area (Å²) in [5.41, 5.74) is 1.71. The molecule has 0 atom stereocenters. The lowest BCUT2D eigenvalue weighted by molar-refractivity contribution is 0.0955. The Bertz CT molecular complexity index is 341. The standard InChI is InChI=1S/C10H11BrClNO/c1-7-2-3-9(11)8(6-7)10(14)13-5-4-12/h2-3,6H,4-5H2,1H3,(H,13,14). The Balaban J connectivity index is 2.83. The van der Waals surface area contributed by atoms with Crippen LogP contribution >= 0.6 is 27.5 Å². The third kappa shape index (κ3) is 3.00. The zero-order valence-corrected chi connectivity index (χ0v) is 10.2. The molecule has 0 saturated heterocycles. The van der Waals surface area contributed by atoms with Gasteiger partial charge in [-0.15, -0.1) is 11.6 Å². The zero-order valence-electron chi connectivity index (χ0n) is 7.81. The van der Waals surface area contributed by atoms with Crippen LogP contribution in [0.25, 0.3) is 0 Å². The molecule has 0 aliphatic carbocycles. The molecule has 4 heteroatoms. The third-order valence-electron chi connectivity index (χ3n) is 1.75. The summed E-state index contributed by atoms with van der Waals surface area (Å²) in [6.45, 7) is 2.44. The second-order valence-corrected chi connectivity index (χ2v) is 4.16. The largest absolute Gasteiger partial charge is 0.351 e. The predicted molar refractivity (Wildman–Crippen MR) is 61.9 cm³/mol. The first-order chi connectivity index (χ1) is 6.65. The fraction of sp³-hybridized carbons (Fsp3) is 0.300. The molecular formula is C10H11BrClNO. The molecule has 1 aromatic rings. The van der Waals surface area contributed by atoms with Gasteiger partial charge in [-0.25, -0.2) is 0 Å². The molecule has 0 aromatic heterocycles. The fourth-order valence-corrected chi connectivity index (χ4v) is 1.59. The molecule has 0 heterocycles. The molecule has 1 rings (SSSR count). The maximum Gasteiger partial charge on any atom is 0.252 e. The van der Waals surface area contributed by atoms with Crippen LogP contribution < -0.4 is 5.32 Å². The first-order valence-corrected chi connectivity index (χ1v) is 5.58. The lowest BCUT2D eigenvalue weighted by atomic mass is 10.1. The van der Waals surface area contributed by atoms with E-state index in [9.17, 15) is 4.79 Å². The Hall–Kier alpha value is -0.540. The van der Waals surface area contributed by atoms with Crippen LogP contribution in [0.5, 0.6) is 0 Å². The summed E-state index contributed by atoms with van der Waals surface area (Å²) in [4.78, 5) is 11.6. The molecule has 0 radical (unpaired) electrons. The molecule has 76 valence electrons. The van der Waals surface area contributed by atoms with Crippen LogP contribution in [0.3, 0.4) is 0 Å². The maximum absolute atomic E-state index is 11.6. The van der Waals surface area contributed by atoms with Crippen LogP contribution in [-0.4, -0.2) is 18.3 Å². The predicted octanol–water partition coefficient (Wildman–Crippen LogP) is 2.73. The molecular weight excluding hydrogens is 265 g/mol. The van der Waals surface area contributed by atoms with E-state index in [1.807, 2.05) is 25.1 Å². The topological polar surface area (TPSA) is 29.1 Å². The van der Waals surface area contributed by atoms with Crippen molar-refractivity contribution in [2.75, 3.05) is 12.4 Å². The van der Waals surface area contributed by atoms with Gasteiger partial charge in [0.05, 0.1) is 5.56 Å². The second kappa shape index (κ2) is 5.37. The first-order valence-electron chi connectivity index (χ1n) is 4.25. The van der Waals surface area contributed by atoms with Gasteiger partial charge >= 0.3 is 0 Å². The van der Waals surface area contributed by atoms with Gasteiger partial charge < -0.3 is 5.32 Å². The Labute approximate surface area is 96.8 Å². The number of rotatable bonds is 3. The highest BCUT2D eigenvalue weighted by atomic mass is 79.9. The van der Waals surface area contributed by atoms with E-state index in [4.69, 9.17) is 11.6 Å². The summed E-state index contributed by atoms with van der Waals surface area (Å²) in [5, 5.41) is 2.72. The van der Waals surface area contributed by atoms with Gasteiger partial charge in [0.15, 0.2) is 0 Å². The smallest absolute Gasteiger partial charge is 0.252 e. The highest BCUT2D eigenvalue weighted by Crippen LogP contribution is 2.17. The molecule has 0 saturated carbocycles. The van der Waals surface area contributed by atoms with Gasteiger partial charge in [0, 0.05) is 16.9 Å². The van der Waals surface area contributed by atoms with E-state index in [1.165, 1.54) is 0 Å². The summed E-state index contributed by atoms with van der Waals surface area (Å²) in [5.74, 6) is 0.330. The second-order valence-electron chi connectivity index (χ2n) is 2.93. The molecule has 0 spiro atoms. The normalized spacial score (nSPS) is 9.93. The minimum absolute atomic E-state index is 0.0961. The first kappa shape index (κ1) is 11.5. The number of amides is 1. The van der Waals surface area contributed by atoms with Gasteiger partial charge in [-0.3, -0.25) is 4.79 Å². The summed E-state index contributed by atoms with van der Waals surface area (Å²) < 4.78 is 0.801. The molecule has 1 aromatic carbocycles. The SMILES string of the molecule is Cc1ccc(Br)c(C(=O)NCCCl)c1. The van der Waals surface area contributed by atoms with Crippen molar-refractivity contribution >= 4 is 33.4 Å². The molecule has 14 heavy (non-hydrogen) atoms. The van der Waals surface area contributed by atoms with E-state index in [0.29, 0.717) is 18.0 Å². The molecule has 0 bridgehead atoms. The van der Waals surface area contributed by atoms with Gasteiger partial charge in [0.1, 0.15) is 0 Å². The number of carbonyl (C=O) groups is 1. The molecule has 0 aliphatic rings. The Morgan fingerprint density at radius 3 is 2.93 bits per heavy atom. The lowest BCUT2D eigenvalue weighted by Gasteiger charge is -2.05. The fourth-order valence-electron chi connectivity index (χ4n) is 1.07. The van der Waals surface area contributed by atoms with Crippen LogP contribution in [0, 0.1) is 6.92 Å². The van der Waals surface area contributed by atoms with Crippen molar-refractivity contribution in [2.45, 2.75) is 6.92 Å². The van der Waals surface area contributed by atoms with E-state index < -0.39 is 0 Å². The lowest BCUT2D eigenvalue weighted by Crippen LogP contribution is -2.25. The summed E-state index contributed by atoms with van der Waals surface area (Å²) in [7, 11) is 0. The number of aryl methyl sites for hydroxylation is 1. The van der Waals surface area contributed by atoms with Crippen molar-refractivity contribution in [2.24, 2.45) is 0 Å². The highest BCUT2D eigenvalue weighted by Gasteiger charge is 2.08. The van der Waals surface area contributed by atoms with Gasteiger partial charge in [-0.2, -0.15) is 0 Å². The molecule has 0 unspecified atom stereocenters. The number of alkyl halides is 1. The van der Waals surface area contributed by atoms with Crippen LogP contribution in [0.15, 0.2) is 22.7 Å². The summed E-state index contributed by atoms with van der Waals surface area (Å²) in [6, 6.07) is 5.65. The minimum Gasteiger partial charge on any atom is -0.351 e. The van der Waals surface area contributed by atoms with Crippen molar-refractivity contribution in [3.8, 4) is 0 Å². The van der Waals surface area contributed by atoms with E-state index in [2.05, 4.69) is 21.2 Å². The van der Waals surface area contributed by atoms with Crippen LogP contribution in [0.2, 0.25) is 0 Å². The highest BCUT2D eigenvalue weighted by molar-refractivity contribution is 9.10. The minimum atomic E-state index is -0.0961. The van der Waals surface area contributed by atoms with Crippen LogP contribution in [0.4, 0.5) is 0 Å². The average molecular weight is 277 g/mol. The number of benzene rings is 1. The molecule has 2 nitrogen and oxygen atoms in total. The maximum atomic E-state index is 11.6. The Kier molecular flexibility index (Phi) is 4.42. The third-order valence-corrected chi connectivity index (χ3v) is 2.63. The summed E-state index contributed by atoms with van der Waals surface area (Å²) >= 11 is 8.81. The number of halogens is 2. The van der Waals surface area contributed by atoms with Crippen molar-refractivity contribution in [3.63, 3.8) is 0 Å². The molecule has 0 aliphatic heterocycles.